The van der Waals surface area contributed by atoms with Gasteiger partial charge >= 0.3 is 0 Å². The Labute approximate surface area is 135 Å². The number of benzene rings is 1. The number of hydrogen-bond donors (Lipinski definition) is 2. The van der Waals surface area contributed by atoms with Gasteiger partial charge in [-0.05, 0) is 30.5 Å². The smallest absolute Gasteiger partial charge is 0.224 e. The molecule has 0 bridgehead atoms. The molecule has 2 aromatic rings. The molecule has 6 heteroatoms. The highest BCUT2D eigenvalue weighted by atomic mass is 16.5. The molecule has 1 amide bonds. The number of aryl methyl sites for hydroxylation is 1. The van der Waals surface area contributed by atoms with Crippen LogP contribution < -0.4 is 5.32 Å². The number of amides is 1. The van der Waals surface area contributed by atoms with E-state index >= 15 is 0 Å². The Balaban J connectivity index is 1.63. The van der Waals surface area contributed by atoms with Crippen molar-refractivity contribution in [1.82, 2.24) is 15.1 Å². The first-order chi connectivity index (χ1) is 11.1. The van der Waals surface area contributed by atoms with E-state index in [1.807, 2.05) is 13.2 Å². The molecule has 1 saturated heterocycles. The van der Waals surface area contributed by atoms with Crippen molar-refractivity contribution in [2.45, 2.75) is 24.9 Å². The normalized spacial score (nSPS) is 20.6. The molecule has 1 unspecified atom stereocenters. The van der Waals surface area contributed by atoms with Crippen molar-refractivity contribution >= 4 is 5.91 Å². The zero-order chi connectivity index (χ0) is 16.3. The van der Waals surface area contributed by atoms with Crippen LogP contribution in [0.2, 0.25) is 0 Å². The van der Waals surface area contributed by atoms with Crippen molar-refractivity contribution < 1.29 is 14.6 Å². The number of carbonyl (C=O) groups excluding carboxylic acids is 1. The monoisotopic (exact) mass is 315 g/mol. The topological polar surface area (TPSA) is 76.4 Å². The van der Waals surface area contributed by atoms with E-state index in [1.165, 1.54) is 0 Å². The van der Waals surface area contributed by atoms with Crippen molar-refractivity contribution in [3.05, 3.63) is 47.8 Å². The minimum atomic E-state index is -0.473. The van der Waals surface area contributed by atoms with E-state index in [0.717, 1.165) is 24.0 Å². The minimum Gasteiger partial charge on any atom is -0.508 e. The summed E-state index contributed by atoms with van der Waals surface area (Å²) in [5, 5.41) is 16.5. The van der Waals surface area contributed by atoms with Crippen LogP contribution in [0.3, 0.4) is 0 Å². The molecule has 0 saturated carbocycles. The zero-order valence-corrected chi connectivity index (χ0v) is 13.2. The van der Waals surface area contributed by atoms with Crippen LogP contribution in [0, 0.1) is 0 Å². The van der Waals surface area contributed by atoms with Crippen LogP contribution >= 0.6 is 0 Å². The lowest BCUT2D eigenvalue weighted by atomic mass is 9.93. The maximum Gasteiger partial charge on any atom is 0.224 e. The third-order valence-corrected chi connectivity index (χ3v) is 4.21. The number of phenols is 1. The second kappa shape index (κ2) is 6.42. The fraction of sp³-hybridized carbons (Fsp3) is 0.412. The maximum absolute atomic E-state index is 12.2. The molecule has 1 aliphatic heterocycles. The molecule has 1 aromatic carbocycles. The lowest BCUT2D eigenvalue weighted by Crippen LogP contribution is -2.40. The molecule has 0 radical (unpaired) electrons. The Hall–Kier alpha value is -2.34. The average molecular weight is 315 g/mol. The Morgan fingerprint density at radius 3 is 2.83 bits per heavy atom. The SMILES string of the molecule is Cn1cc(C2(CNC(=O)Cc3ccc(O)cc3)CCCO2)cn1. The predicted molar refractivity (Wildman–Crippen MR) is 84.9 cm³/mol. The summed E-state index contributed by atoms with van der Waals surface area (Å²) in [6, 6.07) is 6.66. The van der Waals surface area contributed by atoms with Gasteiger partial charge < -0.3 is 15.2 Å². The van der Waals surface area contributed by atoms with Crippen molar-refractivity contribution in [2.75, 3.05) is 13.2 Å². The van der Waals surface area contributed by atoms with Crippen LogP contribution in [-0.2, 0) is 28.6 Å². The Morgan fingerprint density at radius 2 is 2.22 bits per heavy atom. The summed E-state index contributed by atoms with van der Waals surface area (Å²) in [7, 11) is 1.87. The van der Waals surface area contributed by atoms with Gasteiger partial charge in [0.2, 0.25) is 5.91 Å². The third-order valence-electron chi connectivity index (χ3n) is 4.21. The van der Waals surface area contributed by atoms with Gasteiger partial charge in [-0.2, -0.15) is 5.10 Å². The first-order valence-corrected chi connectivity index (χ1v) is 7.75. The van der Waals surface area contributed by atoms with Gasteiger partial charge in [0, 0.05) is 25.4 Å². The van der Waals surface area contributed by atoms with Gasteiger partial charge in [0.1, 0.15) is 11.4 Å². The summed E-state index contributed by atoms with van der Waals surface area (Å²) >= 11 is 0. The van der Waals surface area contributed by atoms with E-state index in [4.69, 9.17) is 4.74 Å². The Morgan fingerprint density at radius 1 is 1.43 bits per heavy atom. The summed E-state index contributed by atoms with van der Waals surface area (Å²) in [5.41, 5.74) is 1.39. The molecule has 0 aliphatic carbocycles. The highest BCUT2D eigenvalue weighted by molar-refractivity contribution is 5.78. The second-order valence-electron chi connectivity index (χ2n) is 5.97. The number of rotatable bonds is 5. The summed E-state index contributed by atoms with van der Waals surface area (Å²) < 4.78 is 7.70. The molecular formula is C17H21N3O3. The molecule has 6 nitrogen and oxygen atoms in total. The number of aromatic nitrogens is 2. The maximum atomic E-state index is 12.2. The summed E-state index contributed by atoms with van der Waals surface area (Å²) in [5.74, 6) is 0.137. The average Bonchev–Trinajstić information content (AvgIpc) is 3.17. The first-order valence-electron chi connectivity index (χ1n) is 7.75. The van der Waals surface area contributed by atoms with Gasteiger partial charge in [-0.3, -0.25) is 9.48 Å². The molecule has 3 rings (SSSR count). The Bertz CT molecular complexity index is 673. The van der Waals surface area contributed by atoms with Crippen molar-refractivity contribution in [2.24, 2.45) is 7.05 Å². The number of phenolic OH excluding ortho intramolecular Hbond substituents is 1. The standard InChI is InChI=1S/C17H21N3O3/c1-20-11-14(10-19-20)17(7-2-8-23-17)12-18-16(22)9-13-3-5-15(21)6-4-13/h3-6,10-11,21H,2,7-9,12H2,1H3,(H,18,22). The largest absolute Gasteiger partial charge is 0.508 e. The third kappa shape index (κ3) is 3.53. The van der Waals surface area contributed by atoms with Gasteiger partial charge in [-0.1, -0.05) is 12.1 Å². The van der Waals surface area contributed by atoms with E-state index < -0.39 is 5.60 Å². The number of carbonyl (C=O) groups is 1. The number of hydrogen-bond acceptors (Lipinski definition) is 4. The van der Waals surface area contributed by atoms with E-state index in [2.05, 4.69) is 10.4 Å². The quantitative estimate of drug-likeness (QED) is 0.876. The predicted octanol–water partition coefficient (Wildman–Crippen LogP) is 1.49. The molecule has 2 N–H and O–H groups in total. The number of ether oxygens (including phenoxy) is 1. The second-order valence-corrected chi connectivity index (χ2v) is 5.97. The van der Waals surface area contributed by atoms with Crippen molar-refractivity contribution in [3.8, 4) is 5.75 Å². The zero-order valence-electron chi connectivity index (χ0n) is 13.2. The molecule has 1 aliphatic rings. The van der Waals surface area contributed by atoms with Crippen molar-refractivity contribution in [1.29, 1.82) is 0 Å². The van der Waals surface area contributed by atoms with Gasteiger partial charge in [0.15, 0.2) is 0 Å². The van der Waals surface area contributed by atoms with Crippen LogP contribution in [-0.4, -0.2) is 33.9 Å². The summed E-state index contributed by atoms with van der Waals surface area (Å²) in [6.07, 6.45) is 5.87. The Kier molecular flexibility index (Phi) is 4.34. The number of aromatic hydroxyl groups is 1. The lowest BCUT2D eigenvalue weighted by molar-refractivity contribution is -0.122. The van der Waals surface area contributed by atoms with E-state index in [9.17, 15) is 9.90 Å². The molecule has 1 atom stereocenters. The van der Waals surface area contributed by atoms with Crippen LogP contribution in [0.5, 0.6) is 5.75 Å². The van der Waals surface area contributed by atoms with E-state index in [1.54, 1.807) is 35.1 Å². The molecule has 1 fully saturated rings. The first kappa shape index (κ1) is 15.6. The van der Waals surface area contributed by atoms with Crippen LogP contribution in [0.4, 0.5) is 0 Å². The van der Waals surface area contributed by atoms with E-state index in [-0.39, 0.29) is 18.1 Å². The number of nitrogens with zero attached hydrogens (tertiary/aromatic N) is 2. The van der Waals surface area contributed by atoms with Crippen LogP contribution in [0.1, 0.15) is 24.0 Å². The van der Waals surface area contributed by atoms with Crippen molar-refractivity contribution in [3.63, 3.8) is 0 Å². The fourth-order valence-electron chi connectivity index (χ4n) is 2.93. The number of nitrogens with one attached hydrogen (secondary N) is 1. The highest BCUT2D eigenvalue weighted by Crippen LogP contribution is 2.35. The molecule has 1 aromatic heterocycles. The molecule has 122 valence electrons. The molecule has 2 heterocycles. The summed E-state index contributed by atoms with van der Waals surface area (Å²) in [6.45, 7) is 1.14. The van der Waals surface area contributed by atoms with Gasteiger partial charge in [0.05, 0.1) is 19.2 Å². The highest BCUT2D eigenvalue weighted by Gasteiger charge is 2.38. The fourth-order valence-corrected chi connectivity index (χ4v) is 2.93. The van der Waals surface area contributed by atoms with Gasteiger partial charge in [-0.15, -0.1) is 0 Å². The molecular weight excluding hydrogens is 294 g/mol. The lowest BCUT2D eigenvalue weighted by Gasteiger charge is -2.27. The molecule has 23 heavy (non-hydrogen) atoms. The van der Waals surface area contributed by atoms with Crippen LogP contribution in [0.25, 0.3) is 0 Å². The summed E-state index contributed by atoms with van der Waals surface area (Å²) in [4.78, 5) is 12.2. The van der Waals surface area contributed by atoms with Gasteiger partial charge in [0.25, 0.3) is 0 Å². The van der Waals surface area contributed by atoms with E-state index in [0.29, 0.717) is 13.2 Å². The molecule has 0 spiro atoms. The van der Waals surface area contributed by atoms with Gasteiger partial charge in [-0.25, -0.2) is 0 Å². The van der Waals surface area contributed by atoms with Crippen LogP contribution in [0.15, 0.2) is 36.7 Å². The minimum absolute atomic E-state index is 0.0607.